The molecule has 1 heterocycles. The Balaban J connectivity index is 1.72. The van der Waals surface area contributed by atoms with Crippen LogP contribution < -0.4 is 5.32 Å². The third kappa shape index (κ3) is 3.41. The van der Waals surface area contributed by atoms with Crippen molar-refractivity contribution in [2.45, 2.75) is 31.8 Å². The van der Waals surface area contributed by atoms with Crippen LogP contribution in [-0.2, 0) is 9.59 Å². The molecule has 1 aromatic carbocycles. The number of carbonyl (C=O) groups is 2. The molecule has 0 radical (unpaired) electrons. The second-order valence-corrected chi connectivity index (χ2v) is 6.33. The van der Waals surface area contributed by atoms with Gasteiger partial charge in [-0.25, -0.2) is 0 Å². The summed E-state index contributed by atoms with van der Waals surface area (Å²) in [6, 6.07) is 7.48. The van der Waals surface area contributed by atoms with Crippen LogP contribution >= 0.6 is 0 Å². The number of carbonyl (C=O) groups excluding carboxylic acids is 2. The van der Waals surface area contributed by atoms with E-state index in [4.69, 9.17) is 5.11 Å². The van der Waals surface area contributed by atoms with E-state index in [1.807, 2.05) is 42.5 Å². The summed E-state index contributed by atoms with van der Waals surface area (Å²) in [4.78, 5) is 26.0. The predicted molar refractivity (Wildman–Crippen MR) is 91.6 cm³/mol. The molecule has 2 aliphatic rings. The minimum atomic E-state index is -0.289. The number of nitrogens with zero attached hydrogens (tertiary/aromatic N) is 1. The van der Waals surface area contributed by atoms with Crippen LogP contribution in [0.3, 0.4) is 0 Å². The summed E-state index contributed by atoms with van der Waals surface area (Å²) in [6.45, 7) is 1.61. The minimum Gasteiger partial charge on any atom is -0.396 e. The molecule has 2 amide bonds. The second-order valence-electron chi connectivity index (χ2n) is 6.33. The third-order valence-electron chi connectivity index (χ3n) is 4.60. The summed E-state index contributed by atoms with van der Waals surface area (Å²) in [7, 11) is 0. The molecule has 1 aliphatic heterocycles. The molecule has 24 heavy (non-hydrogen) atoms. The quantitative estimate of drug-likeness (QED) is 0.832. The van der Waals surface area contributed by atoms with Gasteiger partial charge in [0.25, 0.3) is 0 Å². The van der Waals surface area contributed by atoms with Crippen LogP contribution in [0.4, 0.5) is 0 Å². The molecule has 2 N–H and O–H groups in total. The van der Waals surface area contributed by atoms with Crippen LogP contribution in [-0.4, -0.2) is 34.5 Å². The van der Waals surface area contributed by atoms with Gasteiger partial charge in [0.1, 0.15) is 0 Å². The fourth-order valence-corrected chi connectivity index (χ4v) is 3.37. The maximum Gasteiger partial charge on any atom is 0.223 e. The zero-order chi connectivity index (χ0) is 17.1. The molecule has 126 valence electrons. The first kappa shape index (κ1) is 16.5. The number of hydrogen-bond acceptors (Lipinski definition) is 3. The number of aliphatic hydroxyl groups excluding tert-OH is 1. The van der Waals surface area contributed by atoms with Crippen molar-refractivity contribution in [2.24, 2.45) is 5.92 Å². The van der Waals surface area contributed by atoms with Crippen molar-refractivity contribution in [3.63, 3.8) is 0 Å². The van der Waals surface area contributed by atoms with Crippen molar-refractivity contribution in [1.82, 2.24) is 10.2 Å². The van der Waals surface area contributed by atoms with Gasteiger partial charge in [-0.3, -0.25) is 9.59 Å². The average Bonchev–Trinajstić information content (AvgIpc) is 3.02. The van der Waals surface area contributed by atoms with Gasteiger partial charge < -0.3 is 15.3 Å². The van der Waals surface area contributed by atoms with Crippen LogP contribution in [0.15, 0.2) is 42.6 Å². The molecule has 5 nitrogen and oxygen atoms in total. The molecule has 3 atom stereocenters. The maximum absolute atomic E-state index is 12.5. The lowest BCUT2D eigenvalue weighted by Crippen LogP contribution is -2.38. The van der Waals surface area contributed by atoms with Crippen molar-refractivity contribution in [3.05, 3.63) is 53.7 Å². The number of rotatable bonds is 4. The highest BCUT2D eigenvalue weighted by molar-refractivity contribution is 5.82. The molecular weight excluding hydrogens is 304 g/mol. The van der Waals surface area contributed by atoms with Crippen molar-refractivity contribution < 1.29 is 14.7 Å². The van der Waals surface area contributed by atoms with Crippen LogP contribution in [0.5, 0.6) is 0 Å². The zero-order valence-corrected chi connectivity index (χ0v) is 13.7. The van der Waals surface area contributed by atoms with E-state index in [0.717, 1.165) is 17.5 Å². The van der Waals surface area contributed by atoms with Crippen LogP contribution in [0.25, 0.3) is 6.08 Å². The van der Waals surface area contributed by atoms with Gasteiger partial charge in [-0.2, -0.15) is 0 Å². The lowest BCUT2D eigenvalue weighted by atomic mass is 9.93. The number of hydrogen-bond donors (Lipinski definition) is 2. The van der Waals surface area contributed by atoms with Crippen LogP contribution in [0.1, 0.15) is 36.9 Å². The molecule has 0 spiro atoms. The molecule has 0 bridgehead atoms. The lowest BCUT2D eigenvalue weighted by Gasteiger charge is -2.32. The molecule has 3 rings (SSSR count). The number of nitrogens with one attached hydrogen (secondary N) is 1. The van der Waals surface area contributed by atoms with E-state index in [-0.39, 0.29) is 42.8 Å². The van der Waals surface area contributed by atoms with Crippen molar-refractivity contribution >= 4 is 17.9 Å². The minimum absolute atomic E-state index is 0.0465. The Morgan fingerprint density at radius 2 is 2.08 bits per heavy atom. The summed E-state index contributed by atoms with van der Waals surface area (Å²) in [5.41, 5.74) is 2.02. The highest BCUT2D eigenvalue weighted by Gasteiger charge is 2.29. The fourth-order valence-electron chi connectivity index (χ4n) is 3.37. The standard InChI is InChI=1S/C19H22N2O3/c1-13(23)21-9-8-15-4-2-3-5-17(15)18(21)11-19(24)20-16-7-6-14(10-16)12-22/h2-9,14,16,18,22H,10-12H2,1H3,(H,20,24)/t14-,16+,18?/m0/s1. The first-order valence-corrected chi connectivity index (χ1v) is 8.23. The van der Waals surface area contributed by atoms with Crippen molar-refractivity contribution in [2.75, 3.05) is 6.61 Å². The van der Waals surface area contributed by atoms with Gasteiger partial charge in [-0.15, -0.1) is 0 Å². The van der Waals surface area contributed by atoms with Gasteiger partial charge in [0.05, 0.1) is 12.5 Å². The molecule has 1 unspecified atom stereocenters. The first-order chi connectivity index (χ1) is 11.6. The topological polar surface area (TPSA) is 69.6 Å². The largest absolute Gasteiger partial charge is 0.396 e. The Kier molecular flexibility index (Phi) is 4.81. The smallest absolute Gasteiger partial charge is 0.223 e. The second kappa shape index (κ2) is 7.01. The Morgan fingerprint density at radius 1 is 1.29 bits per heavy atom. The van der Waals surface area contributed by atoms with E-state index in [1.54, 1.807) is 11.1 Å². The molecule has 0 fully saturated rings. The van der Waals surface area contributed by atoms with Crippen LogP contribution in [0.2, 0.25) is 0 Å². The van der Waals surface area contributed by atoms with E-state index in [1.165, 1.54) is 6.92 Å². The SMILES string of the molecule is CC(=O)N1C=Cc2ccccc2C1CC(=O)N[C@@H]1C=C[C@H](CO)C1. The van der Waals surface area contributed by atoms with Gasteiger partial charge in [-0.1, -0.05) is 36.4 Å². The molecule has 0 saturated heterocycles. The van der Waals surface area contributed by atoms with E-state index < -0.39 is 0 Å². The Bertz CT molecular complexity index is 696. The molecule has 0 saturated carbocycles. The fraction of sp³-hybridized carbons (Fsp3) is 0.368. The molecular formula is C19H22N2O3. The molecule has 1 aromatic rings. The highest BCUT2D eigenvalue weighted by atomic mass is 16.3. The monoisotopic (exact) mass is 326 g/mol. The van der Waals surface area contributed by atoms with Gasteiger partial charge in [0.15, 0.2) is 0 Å². The van der Waals surface area contributed by atoms with Gasteiger partial charge in [0, 0.05) is 31.7 Å². The lowest BCUT2D eigenvalue weighted by molar-refractivity contribution is -0.130. The number of amides is 2. The molecule has 1 aliphatic carbocycles. The van der Waals surface area contributed by atoms with E-state index in [2.05, 4.69) is 5.32 Å². The normalized spacial score (nSPS) is 24.8. The van der Waals surface area contributed by atoms with Crippen molar-refractivity contribution in [1.29, 1.82) is 0 Å². The summed E-state index contributed by atoms with van der Waals surface area (Å²) in [5.74, 6) is -0.0633. The van der Waals surface area contributed by atoms with Crippen molar-refractivity contribution in [3.8, 4) is 0 Å². The average molecular weight is 326 g/mol. The molecule has 5 heteroatoms. The van der Waals surface area contributed by atoms with Gasteiger partial charge in [-0.05, 0) is 23.6 Å². The summed E-state index contributed by atoms with van der Waals surface area (Å²) >= 11 is 0. The van der Waals surface area contributed by atoms with Crippen LogP contribution in [0, 0.1) is 5.92 Å². The van der Waals surface area contributed by atoms with Gasteiger partial charge in [0.2, 0.25) is 11.8 Å². The number of benzene rings is 1. The van der Waals surface area contributed by atoms with E-state index in [9.17, 15) is 9.59 Å². The summed E-state index contributed by atoms with van der Waals surface area (Å²) in [6.07, 6.45) is 8.45. The molecule has 0 aromatic heterocycles. The van der Waals surface area contributed by atoms with E-state index >= 15 is 0 Å². The zero-order valence-electron chi connectivity index (χ0n) is 13.7. The Hall–Kier alpha value is -2.40. The summed E-state index contributed by atoms with van der Waals surface area (Å²) < 4.78 is 0. The third-order valence-corrected chi connectivity index (χ3v) is 4.60. The maximum atomic E-state index is 12.5. The first-order valence-electron chi connectivity index (χ1n) is 8.23. The predicted octanol–water partition coefficient (Wildman–Crippen LogP) is 2.00. The highest BCUT2D eigenvalue weighted by Crippen LogP contribution is 2.32. The summed E-state index contributed by atoms with van der Waals surface area (Å²) in [5, 5.41) is 12.2. The number of aliphatic hydroxyl groups is 1. The van der Waals surface area contributed by atoms with Gasteiger partial charge >= 0.3 is 0 Å². The number of fused-ring (bicyclic) bond motifs is 1. The van der Waals surface area contributed by atoms with E-state index in [0.29, 0.717) is 0 Å². The Labute approximate surface area is 141 Å². The Morgan fingerprint density at radius 3 is 2.79 bits per heavy atom.